The molecule has 6 nitrogen and oxygen atoms in total. The lowest BCUT2D eigenvalue weighted by Gasteiger charge is -2.11. The van der Waals surface area contributed by atoms with Crippen molar-refractivity contribution in [1.29, 1.82) is 0 Å². The van der Waals surface area contributed by atoms with Crippen molar-refractivity contribution in [3.05, 3.63) is 83.0 Å². The van der Waals surface area contributed by atoms with Gasteiger partial charge in [-0.05, 0) is 42.3 Å². The van der Waals surface area contributed by atoms with E-state index in [4.69, 9.17) is 9.47 Å². The van der Waals surface area contributed by atoms with Crippen LogP contribution in [0.5, 0.6) is 11.5 Å². The smallest absolute Gasteiger partial charge is 0.251 e. The van der Waals surface area contributed by atoms with Crippen molar-refractivity contribution in [3.63, 3.8) is 0 Å². The topological polar surface area (TPSA) is 72.5 Å². The second-order valence-electron chi connectivity index (χ2n) is 6.64. The molecule has 0 bridgehead atoms. The van der Waals surface area contributed by atoms with Crippen molar-refractivity contribution in [1.82, 2.24) is 10.3 Å². The highest BCUT2D eigenvalue weighted by molar-refractivity contribution is 5.94. The summed E-state index contributed by atoms with van der Waals surface area (Å²) in [6.45, 7) is 3.09. The van der Waals surface area contributed by atoms with Crippen LogP contribution >= 0.6 is 0 Å². The maximum absolute atomic E-state index is 12.5. The quantitative estimate of drug-likeness (QED) is 0.608. The summed E-state index contributed by atoms with van der Waals surface area (Å²) in [6.07, 6.45) is 1.63. The summed E-state index contributed by atoms with van der Waals surface area (Å²) in [6, 6.07) is 17.3. The molecule has 1 amide bonds. The highest BCUT2D eigenvalue weighted by Gasteiger charge is 2.09. The molecule has 2 N–H and O–H groups in total. The SMILES string of the molecule is COc1ccc(CNC(=O)c2ccnc(NCc3cccc(C)c3)c2)cc1OC. The monoisotopic (exact) mass is 391 g/mol. The van der Waals surface area contributed by atoms with Gasteiger partial charge in [0.05, 0.1) is 14.2 Å². The van der Waals surface area contributed by atoms with Crippen LogP contribution in [0.3, 0.4) is 0 Å². The number of aryl methyl sites for hydroxylation is 1. The van der Waals surface area contributed by atoms with Crippen molar-refractivity contribution in [2.75, 3.05) is 19.5 Å². The normalized spacial score (nSPS) is 10.3. The summed E-state index contributed by atoms with van der Waals surface area (Å²) in [5, 5.41) is 6.19. The van der Waals surface area contributed by atoms with E-state index in [2.05, 4.69) is 40.7 Å². The third-order valence-corrected chi connectivity index (χ3v) is 4.48. The summed E-state index contributed by atoms with van der Waals surface area (Å²) in [7, 11) is 3.18. The van der Waals surface area contributed by atoms with E-state index in [1.54, 1.807) is 32.5 Å². The number of aromatic nitrogens is 1. The Morgan fingerprint density at radius 2 is 1.72 bits per heavy atom. The molecule has 3 rings (SSSR count). The zero-order valence-electron chi connectivity index (χ0n) is 16.9. The fourth-order valence-corrected chi connectivity index (χ4v) is 2.96. The van der Waals surface area contributed by atoms with Gasteiger partial charge in [-0.3, -0.25) is 4.79 Å². The van der Waals surface area contributed by atoms with Gasteiger partial charge < -0.3 is 20.1 Å². The number of methoxy groups -OCH3 is 2. The van der Waals surface area contributed by atoms with Gasteiger partial charge in [-0.2, -0.15) is 0 Å². The Morgan fingerprint density at radius 3 is 2.48 bits per heavy atom. The third-order valence-electron chi connectivity index (χ3n) is 4.48. The number of carbonyl (C=O) groups excluding carboxylic acids is 1. The highest BCUT2D eigenvalue weighted by Crippen LogP contribution is 2.27. The minimum Gasteiger partial charge on any atom is -0.493 e. The van der Waals surface area contributed by atoms with Gasteiger partial charge in [-0.25, -0.2) is 4.98 Å². The van der Waals surface area contributed by atoms with Gasteiger partial charge in [-0.1, -0.05) is 35.9 Å². The largest absolute Gasteiger partial charge is 0.493 e. The number of pyridine rings is 1. The number of anilines is 1. The first-order chi connectivity index (χ1) is 14.1. The van der Waals surface area contributed by atoms with Crippen LogP contribution in [0.2, 0.25) is 0 Å². The molecule has 0 saturated carbocycles. The molecule has 0 saturated heterocycles. The summed E-state index contributed by atoms with van der Waals surface area (Å²) in [4.78, 5) is 16.8. The van der Waals surface area contributed by atoms with E-state index in [-0.39, 0.29) is 5.91 Å². The molecule has 0 fully saturated rings. The zero-order valence-corrected chi connectivity index (χ0v) is 16.9. The lowest BCUT2D eigenvalue weighted by atomic mass is 10.1. The van der Waals surface area contributed by atoms with Crippen molar-refractivity contribution in [2.45, 2.75) is 20.0 Å². The molecular formula is C23H25N3O3. The number of ether oxygens (including phenoxy) is 2. The Balaban J connectivity index is 1.60. The molecule has 3 aromatic rings. The van der Waals surface area contributed by atoms with E-state index in [0.717, 1.165) is 11.1 Å². The average Bonchev–Trinajstić information content (AvgIpc) is 2.76. The Morgan fingerprint density at radius 1 is 0.931 bits per heavy atom. The summed E-state index contributed by atoms with van der Waals surface area (Å²) >= 11 is 0. The van der Waals surface area contributed by atoms with E-state index in [1.165, 1.54) is 5.56 Å². The molecule has 0 unspecified atom stereocenters. The minimum atomic E-state index is -0.166. The molecular weight excluding hydrogens is 366 g/mol. The van der Waals surface area contributed by atoms with E-state index in [9.17, 15) is 4.79 Å². The molecule has 150 valence electrons. The number of carbonyl (C=O) groups is 1. The van der Waals surface area contributed by atoms with Crippen LogP contribution in [0.25, 0.3) is 0 Å². The first-order valence-corrected chi connectivity index (χ1v) is 9.33. The number of benzene rings is 2. The van der Waals surface area contributed by atoms with E-state index in [1.807, 2.05) is 24.3 Å². The van der Waals surface area contributed by atoms with Gasteiger partial charge in [0.1, 0.15) is 5.82 Å². The molecule has 1 aromatic heterocycles. The predicted octanol–water partition coefficient (Wildman–Crippen LogP) is 3.95. The van der Waals surface area contributed by atoms with Gasteiger partial charge >= 0.3 is 0 Å². The molecule has 0 aliphatic heterocycles. The molecule has 0 spiro atoms. The van der Waals surface area contributed by atoms with Gasteiger partial charge in [0.15, 0.2) is 11.5 Å². The van der Waals surface area contributed by atoms with Crippen LogP contribution in [0.4, 0.5) is 5.82 Å². The van der Waals surface area contributed by atoms with E-state index in [0.29, 0.717) is 36.0 Å². The maximum atomic E-state index is 12.5. The Bertz CT molecular complexity index is 989. The average molecular weight is 391 g/mol. The summed E-state index contributed by atoms with van der Waals surface area (Å²) in [5.41, 5.74) is 3.84. The Kier molecular flexibility index (Phi) is 6.68. The Labute approximate surface area is 170 Å². The van der Waals surface area contributed by atoms with Crippen molar-refractivity contribution in [2.24, 2.45) is 0 Å². The number of nitrogens with zero attached hydrogens (tertiary/aromatic N) is 1. The molecule has 0 aliphatic rings. The van der Waals surface area contributed by atoms with E-state index < -0.39 is 0 Å². The predicted molar refractivity (Wildman–Crippen MR) is 113 cm³/mol. The van der Waals surface area contributed by atoms with Crippen LogP contribution in [0.15, 0.2) is 60.8 Å². The summed E-state index contributed by atoms with van der Waals surface area (Å²) < 4.78 is 10.5. The van der Waals surface area contributed by atoms with Crippen molar-refractivity contribution >= 4 is 11.7 Å². The molecule has 0 radical (unpaired) electrons. The van der Waals surface area contributed by atoms with Crippen LogP contribution in [-0.4, -0.2) is 25.1 Å². The lowest BCUT2D eigenvalue weighted by molar-refractivity contribution is 0.0951. The number of hydrogen-bond acceptors (Lipinski definition) is 5. The molecule has 29 heavy (non-hydrogen) atoms. The zero-order chi connectivity index (χ0) is 20.6. The van der Waals surface area contributed by atoms with Crippen LogP contribution in [0.1, 0.15) is 27.0 Å². The van der Waals surface area contributed by atoms with Crippen LogP contribution in [0, 0.1) is 6.92 Å². The van der Waals surface area contributed by atoms with Crippen molar-refractivity contribution in [3.8, 4) is 11.5 Å². The number of nitrogens with one attached hydrogen (secondary N) is 2. The Hall–Kier alpha value is -3.54. The highest BCUT2D eigenvalue weighted by atomic mass is 16.5. The van der Waals surface area contributed by atoms with Crippen molar-refractivity contribution < 1.29 is 14.3 Å². The first-order valence-electron chi connectivity index (χ1n) is 9.33. The maximum Gasteiger partial charge on any atom is 0.251 e. The fourth-order valence-electron chi connectivity index (χ4n) is 2.96. The van der Waals surface area contributed by atoms with E-state index >= 15 is 0 Å². The molecule has 1 heterocycles. The fraction of sp³-hybridized carbons (Fsp3) is 0.217. The number of amides is 1. The van der Waals surface area contributed by atoms with Crippen LogP contribution < -0.4 is 20.1 Å². The lowest BCUT2D eigenvalue weighted by Crippen LogP contribution is -2.23. The minimum absolute atomic E-state index is 0.166. The van der Waals surface area contributed by atoms with Gasteiger partial charge in [0.25, 0.3) is 5.91 Å². The second kappa shape index (κ2) is 9.59. The molecule has 0 atom stereocenters. The van der Waals surface area contributed by atoms with Gasteiger partial charge in [0.2, 0.25) is 0 Å². The van der Waals surface area contributed by atoms with Gasteiger partial charge in [-0.15, -0.1) is 0 Å². The first kappa shape index (κ1) is 20.2. The second-order valence-corrected chi connectivity index (χ2v) is 6.64. The molecule has 6 heteroatoms. The molecule has 2 aromatic carbocycles. The van der Waals surface area contributed by atoms with Gasteiger partial charge in [0, 0.05) is 24.8 Å². The number of rotatable bonds is 8. The van der Waals surface area contributed by atoms with Crippen LogP contribution in [-0.2, 0) is 13.1 Å². The molecule has 0 aliphatic carbocycles. The summed E-state index contributed by atoms with van der Waals surface area (Å²) in [5.74, 6) is 1.78. The standard InChI is InChI=1S/C23H25N3O3/c1-16-5-4-6-17(11-16)14-25-22-13-19(9-10-24-22)23(27)26-15-18-7-8-20(28-2)21(12-18)29-3/h4-13H,14-15H2,1-3H3,(H,24,25)(H,26,27). The number of hydrogen-bond donors (Lipinski definition) is 2. The third kappa shape index (κ3) is 5.48.